The summed E-state index contributed by atoms with van der Waals surface area (Å²) in [5, 5.41) is 2.90. The number of aryl methyl sites for hydroxylation is 1. The average Bonchev–Trinajstić information content (AvgIpc) is 2.77. The van der Waals surface area contributed by atoms with Crippen LogP contribution in [0.4, 0.5) is 5.69 Å². The molecule has 0 bridgehead atoms. The van der Waals surface area contributed by atoms with Crippen molar-refractivity contribution in [1.29, 1.82) is 0 Å². The lowest BCUT2D eigenvalue weighted by Crippen LogP contribution is -2.31. The van der Waals surface area contributed by atoms with Crippen LogP contribution in [-0.4, -0.2) is 27.2 Å². The topological polar surface area (TPSA) is 75.7 Å². The van der Waals surface area contributed by atoms with E-state index in [4.69, 9.17) is 4.74 Å². The number of sulfonamides is 1. The van der Waals surface area contributed by atoms with Crippen molar-refractivity contribution in [3.63, 3.8) is 0 Å². The standard InChI is InChI=1S/C25H27BrN2O4S/c1-18-7-9-20(10-8-18)16-28(33(3,30)31)23-11-13-24(14-12-23)32-17-25(29)27-19(2)21-5-4-6-22(26)15-21/h4-15,19H,16-17H2,1-3H3,(H,27,29). The van der Waals surface area contributed by atoms with E-state index in [1.807, 2.05) is 62.4 Å². The molecule has 0 spiro atoms. The van der Waals surface area contributed by atoms with E-state index in [0.717, 1.165) is 21.2 Å². The molecule has 3 rings (SSSR count). The van der Waals surface area contributed by atoms with Gasteiger partial charge in [0, 0.05) is 4.47 Å². The van der Waals surface area contributed by atoms with Gasteiger partial charge >= 0.3 is 0 Å². The Kier molecular flexibility index (Phi) is 8.15. The molecule has 0 saturated heterocycles. The van der Waals surface area contributed by atoms with Crippen molar-refractivity contribution in [3.05, 3.63) is 94.0 Å². The molecule has 0 heterocycles. The van der Waals surface area contributed by atoms with Crippen LogP contribution in [0.3, 0.4) is 0 Å². The minimum absolute atomic E-state index is 0.142. The number of ether oxygens (including phenoxy) is 1. The highest BCUT2D eigenvalue weighted by molar-refractivity contribution is 9.10. The molecule has 1 amide bonds. The molecule has 6 nitrogen and oxygen atoms in total. The zero-order valence-corrected chi connectivity index (χ0v) is 21.2. The number of carbonyl (C=O) groups is 1. The second-order valence-electron chi connectivity index (χ2n) is 7.88. The molecule has 0 aliphatic carbocycles. The van der Waals surface area contributed by atoms with Crippen LogP contribution in [0.2, 0.25) is 0 Å². The molecule has 1 unspecified atom stereocenters. The van der Waals surface area contributed by atoms with Crippen LogP contribution in [0.1, 0.15) is 29.7 Å². The first-order valence-corrected chi connectivity index (χ1v) is 13.1. The van der Waals surface area contributed by atoms with Gasteiger partial charge in [-0.2, -0.15) is 0 Å². The molecule has 1 atom stereocenters. The summed E-state index contributed by atoms with van der Waals surface area (Å²) in [7, 11) is -3.48. The number of carbonyl (C=O) groups excluding carboxylic acids is 1. The minimum atomic E-state index is -3.48. The minimum Gasteiger partial charge on any atom is -0.484 e. The molecule has 0 aliphatic rings. The van der Waals surface area contributed by atoms with E-state index in [-0.39, 0.29) is 25.1 Å². The molecule has 174 valence electrons. The van der Waals surface area contributed by atoms with Gasteiger partial charge in [0.25, 0.3) is 5.91 Å². The molecule has 8 heteroatoms. The highest BCUT2D eigenvalue weighted by Gasteiger charge is 2.18. The van der Waals surface area contributed by atoms with E-state index in [1.165, 1.54) is 10.6 Å². The van der Waals surface area contributed by atoms with Crippen molar-refractivity contribution in [2.75, 3.05) is 17.2 Å². The number of nitrogens with one attached hydrogen (secondary N) is 1. The van der Waals surface area contributed by atoms with Gasteiger partial charge in [-0.1, -0.05) is 57.9 Å². The zero-order chi connectivity index (χ0) is 24.0. The fourth-order valence-electron chi connectivity index (χ4n) is 3.26. The highest BCUT2D eigenvalue weighted by atomic mass is 79.9. The Morgan fingerprint density at radius 3 is 2.33 bits per heavy atom. The summed E-state index contributed by atoms with van der Waals surface area (Å²) < 4.78 is 32.6. The molecule has 0 saturated carbocycles. The molecule has 0 radical (unpaired) electrons. The summed E-state index contributed by atoms with van der Waals surface area (Å²) in [4.78, 5) is 12.3. The number of anilines is 1. The third kappa shape index (κ3) is 7.33. The lowest BCUT2D eigenvalue weighted by Gasteiger charge is -2.23. The SMILES string of the molecule is Cc1ccc(CN(c2ccc(OCC(=O)NC(C)c3cccc(Br)c3)cc2)S(C)(=O)=O)cc1. The van der Waals surface area contributed by atoms with Gasteiger partial charge in [-0.15, -0.1) is 0 Å². The van der Waals surface area contributed by atoms with E-state index in [2.05, 4.69) is 21.2 Å². The largest absolute Gasteiger partial charge is 0.484 e. The van der Waals surface area contributed by atoms with Gasteiger partial charge < -0.3 is 10.1 Å². The van der Waals surface area contributed by atoms with Crippen LogP contribution in [0.25, 0.3) is 0 Å². The fraction of sp³-hybridized carbons (Fsp3) is 0.240. The number of rotatable bonds is 9. The smallest absolute Gasteiger partial charge is 0.258 e. The first-order valence-electron chi connectivity index (χ1n) is 10.4. The maximum absolute atomic E-state index is 12.4. The number of nitrogens with zero attached hydrogens (tertiary/aromatic N) is 1. The van der Waals surface area contributed by atoms with Crippen molar-refractivity contribution >= 4 is 37.5 Å². The van der Waals surface area contributed by atoms with Gasteiger partial charge in [-0.25, -0.2) is 8.42 Å². The summed E-state index contributed by atoms with van der Waals surface area (Å²) in [6.45, 7) is 3.98. The molecule has 0 aromatic heterocycles. The monoisotopic (exact) mass is 530 g/mol. The molecular formula is C25H27BrN2O4S. The lowest BCUT2D eigenvalue weighted by molar-refractivity contribution is -0.123. The fourth-order valence-corrected chi connectivity index (χ4v) is 4.56. The first-order chi connectivity index (χ1) is 15.6. The Morgan fingerprint density at radius 2 is 1.73 bits per heavy atom. The van der Waals surface area contributed by atoms with Gasteiger partial charge in [0.2, 0.25) is 10.0 Å². The second-order valence-corrected chi connectivity index (χ2v) is 10.7. The number of halogens is 1. The van der Waals surface area contributed by atoms with Crippen LogP contribution in [0.5, 0.6) is 5.75 Å². The predicted octanol–water partition coefficient (Wildman–Crippen LogP) is 4.98. The highest BCUT2D eigenvalue weighted by Crippen LogP contribution is 2.24. The van der Waals surface area contributed by atoms with Crippen LogP contribution < -0.4 is 14.4 Å². The molecule has 0 fully saturated rings. The number of hydrogen-bond donors (Lipinski definition) is 1. The van der Waals surface area contributed by atoms with E-state index in [0.29, 0.717) is 11.4 Å². The van der Waals surface area contributed by atoms with Gasteiger partial charge in [0.1, 0.15) is 5.75 Å². The average molecular weight is 531 g/mol. The normalized spacial score (nSPS) is 12.1. The van der Waals surface area contributed by atoms with Crippen LogP contribution in [0.15, 0.2) is 77.3 Å². The van der Waals surface area contributed by atoms with Crippen LogP contribution in [-0.2, 0) is 21.4 Å². The van der Waals surface area contributed by atoms with E-state index < -0.39 is 10.0 Å². The third-order valence-electron chi connectivity index (χ3n) is 5.07. The van der Waals surface area contributed by atoms with Crippen molar-refractivity contribution in [3.8, 4) is 5.75 Å². The molecule has 33 heavy (non-hydrogen) atoms. The van der Waals surface area contributed by atoms with Crippen molar-refractivity contribution in [2.24, 2.45) is 0 Å². The first kappa shape index (κ1) is 24.8. The van der Waals surface area contributed by atoms with Crippen LogP contribution >= 0.6 is 15.9 Å². The molecule has 0 aliphatic heterocycles. The lowest BCUT2D eigenvalue weighted by atomic mass is 10.1. The Bertz CT molecular complexity index is 1200. The molecule has 3 aromatic rings. The van der Waals surface area contributed by atoms with Crippen molar-refractivity contribution in [1.82, 2.24) is 5.32 Å². The summed E-state index contributed by atoms with van der Waals surface area (Å²) in [6, 6.07) is 22.0. The molecular weight excluding hydrogens is 504 g/mol. The summed E-state index contributed by atoms with van der Waals surface area (Å²) in [6.07, 6.45) is 1.18. The number of hydrogen-bond acceptors (Lipinski definition) is 4. The maximum atomic E-state index is 12.4. The quantitative estimate of drug-likeness (QED) is 0.423. The van der Waals surface area contributed by atoms with Crippen LogP contribution in [0, 0.1) is 6.92 Å². The maximum Gasteiger partial charge on any atom is 0.258 e. The Hall–Kier alpha value is -2.84. The van der Waals surface area contributed by atoms with Crippen molar-refractivity contribution < 1.29 is 17.9 Å². The molecule has 3 aromatic carbocycles. The van der Waals surface area contributed by atoms with E-state index >= 15 is 0 Å². The third-order valence-corrected chi connectivity index (χ3v) is 6.70. The second kappa shape index (κ2) is 10.9. The van der Waals surface area contributed by atoms with E-state index in [1.54, 1.807) is 24.3 Å². The van der Waals surface area contributed by atoms with Crippen molar-refractivity contribution in [2.45, 2.75) is 26.4 Å². The Morgan fingerprint density at radius 1 is 1.06 bits per heavy atom. The Balaban J connectivity index is 1.61. The van der Waals surface area contributed by atoms with Gasteiger partial charge in [0.15, 0.2) is 6.61 Å². The number of benzene rings is 3. The number of amides is 1. The van der Waals surface area contributed by atoms with E-state index in [9.17, 15) is 13.2 Å². The summed E-state index contributed by atoms with van der Waals surface area (Å²) in [5.74, 6) is 0.233. The van der Waals surface area contributed by atoms with Gasteiger partial charge in [-0.05, 0) is 61.4 Å². The Labute approximate surface area is 203 Å². The van der Waals surface area contributed by atoms with Gasteiger partial charge in [-0.3, -0.25) is 9.10 Å². The van der Waals surface area contributed by atoms with Gasteiger partial charge in [0.05, 0.1) is 24.5 Å². The summed E-state index contributed by atoms with van der Waals surface area (Å²) >= 11 is 3.43. The zero-order valence-electron chi connectivity index (χ0n) is 18.8. The summed E-state index contributed by atoms with van der Waals surface area (Å²) in [5.41, 5.74) is 3.51. The predicted molar refractivity (Wildman–Crippen MR) is 135 cm³/mol. The molecule has 1 N–H and O–H groups in total.